The Morgan fingerprint density at radius 1 is 1.56 bits per heavy atom. The highest BCUT2D eigenvalue weighted by Crippen LogP contribution is 2.24. The van der Waals surface area contributed by atoms with Crippen LogP contribution in [-0.2, 0) is 4.79 Å². The zero-order chi connectivity index (χ0) is 13.0. The van der Waals surface area contributed by atoms with Crippen molar-refractivity contribution < 1.29 is 4.79 Å². The van der Waals surface area contributed by atoms with Gasteiger partial charge in [-0.25, -0.2) is 4.98 Å². The highest BCUT2D eigenvalue weighted by atomic mass is 16.1. The molecule has 1 aromatic heterocycles. The molecule has 5 heteroatoms. The molecule has 1 aliphatic rings. The molecule has 0 aliphatic carbocycles. The molecule has 2 rings (SSSR count). The summed E-state index contributed by atoms with van der Waals surface area (Å²) in [7, 11) is 1.67. The Bertz CT molecular complexity index is 472. The van der Waals surface area contributed by atoms with Gasteiger partial charge in [-0.15, -0.1) is 0 Å². The van der Waals surface area contributed by atoms with Crippen LogP contribution in [0.3, 0.4) is 0 Å². The Morgan fingerprint density at radius 3 is 2.89 bits per heavy atom. The predicted octanol–water partition coefficient (Wildman–Crippen LogP) is 0.916. The van der Waals surface area contributed by atoms with Gasteiger partial charge in [0.15, 0.2) is 0 Å². The van der Waals surface area contributed by atoms with Crippen molar-refractivity contribution in [3.63, 3.8) is 0 Å². The number of rotatable bonds is 2. The van der Waals surface area contributed by atoms with Gasteiger partial charge >= 0.3 is 0 Å². The fourth-order valence-electron chi connectivity index (χ4n) is 2.29. The molecule has 0 bridgehead atoms. The molecule has 2 heterocycles. The minimum absolute atomic E-state index is 0.0838. The quantitative estimate of drug-likeness (QED) is 0.839. The van der Waals surface area contributed by atoms with E-state index in [1.807, 2.05) is 0 Å². The van der Waals surface area contributed by atoms with Crippen molar-refractivity contribution in [2.24, 2.45) is 5.92 Å². The number of piperidine rings is 1. The van der Waals surface area contributed by atoms with E-state index in [0.29, 0.717) is 5.56 Å². The minimum Gasteiger partial charge on any atom is -0.359 e. The molecule has 1 aromatic rings. The van der Waals surface area contributed by atoms with Gasteiger partial charge in [-0.05, 0) is 25.0 Å². The van der Waals surface area contributed by atoms with E-state index in [0.717, 1.165) is 31.7 Å². The molecular formula is C13H16N4O. The summed E-state index contributed by atoms with van der Waals surface area (Å²) >= 11 is 0. The largest absolute Gasteiger partial charge is 0.359 e. The van der Waals surface area contributed by atoms with E-state index in [1.54, 1.807) is 25.4 Å². The van der Waals surface area contributed by atoms with Crippen molar-refractivity contribution in [1.29, 1.82) is 5.26 Å². The lowest BCUT2D eigenvalue weighted by Crippen LogP contribution is -2.40. The third kappa shape index (κ3) is 2.43. The average molecular weight is 244 g/mol. The number of pyridine rings is 1. The van der Waals surface area contributed by atoms with Crippen LogP contribution in [0.1, 0.15) is 18.4 Å². The van der Waals surface area contributed by atoms with Gasteiger partial charge in [-0.1, -0.05) is 0 Å². The molecule has 5 nitrogen and oxygen atoms in total. The minimum atomic E-state index is 0.0838. The number of carbonyl (C=O) groups is 1. The van der Waals surface area contributed by atoms with Crippen LogP contribution < -0.4 is 10.2 Å². The Kier molecular flexibility index (Phi) is 3.78. The molecule has 0 atom stereocenters. The number of amides is 1. The Labute approximate surface area is 106 Å². The number of hydrogen-bond acceptors (Lipinski definition) is 4. The fourth-order valence-corrected chi connectivity index (χ4v) is 2.29. The third-order valence-electron chi connectivity index (χ3n) is 3.32. The zero-order valence-electron chi connectivity index (χ0n) is 10.4. The van der Waals surface area contributed by atoms with Crippen LogP contribution in [0, 0.1) is 17.2 Å². The average Bonchev–Trinajstić information content (AvgIpc) is 2.46. The highest BCUT2D eigenvalue weighted by molar-refractivity contribution is 5.78. The molecule has 0 unspecified atom stereocenters. The second-order valence-corrected chi connectivity index (χ2v) is 4.36. The molecule has 1 N–H and O–H groups in total. The monoisotopic (exact) mass is 244 g/mol. The number of anilines is 1. The molecule has 0 spiro atoms. The van der Waals surface area contributed by atoms with E-state index in [1.165, 1.54) is 0 Å². The summed E-state index contributed by atoms with van der Waals surface area (Å²) in [5.74, 6) is 0.923. The third-order valence-corrected chi connectivity index (χ3v) is 3.32. The Balaban J connectivity index is 2.06. The molecule has 94 valence electrons. The summed E-state index contributed by atoms with van der Waals surface area (Å²) in [6.07, 6.45) is 3.31. The Morgan fingerprint density at radius 2 is 2.28 bits per heavy atom. The first kappa shape index (κ1) is 12.4. The van der Waals surface area contributed by atoms with Gasteiger partial charge < -0.3 is 10.2 Å². The smallest absolute Gasteiger partial charge is 0.222 e. The summed E-state index contributed by atoms with van der Waals surface area (Å²) in [4.78, 5) is 17.9. The maximum absolute atomic E-state index is 11.5. The molecule has 1 fully saturated rings. The summed E-state index contributed by atoms with van der Waals surface area (Å²) in [6.45, 7) is 1.54. The number of hydrogen-bond donors (Lipinski definition) is 1. The Hall–Kier alpha value is -2.09. The number of nitrogens with zero attached hydrogens (tertiary/aromatic N) is 3. The van der Waals surface area contributed by atoms with E-state index in [4.69, 9.17) is 5.26 Å². The second kappa shape index (κ2) is 5.50. The number of nitriles is 1. The lowest BCUT2D eigenvalue weighted by Gasteiger charge is -2.32. The van der Waals surface area contributed by atoms with Gasteiger partial charge in [-0.2, -0.15) is 5.26 Å². The van der Waals surface area contributed by atoms with Crippen LogP contribution >= 0.6 is 0 Å². The van der Waals surface area contributed by atoms with E-state index in [9.17, 15) is 4.79 Å². The second-order valence-electron chi connectivity index (χ2n) is 4.36. The highest BCUT2D eigenvalue weighted by Gasteiger charge is 2.25. The van der Waals surface area contributed by atoms with Crippen LogP contribution in [0.5, 0.6) is 0 Å². The number of carbonyl (C=O) groups excluding carboxylic acids is 1. The van der Waals surface area contributed by atoms with Crippen molar-refractivity contribution >= 4 is 11.7 Å². The van der Waals surface area contributed by atoms with E-state index < -0.39 is 0 Å². The summed E-state index contributed by atoms with van der Waals surface area (Å²) in [5.41, 5.74) is 0.593. The summed E-state index contributed by atoms with van der Waals surface area (Å²) in [5, 5.41) is 11.7. The van der Waals surface area contributed by atoms with Crippen LogP contribution in [-0.4, -0.2) is 31.0 Å². The van der Waals surface area contributed by atoms with Crippen LogP contribution in [0.15, 0.2) is 18.3 Å². The lowest BCUT2D eigenvalue weighted by molar-refractivity contribution is -0.125. The first-order valence-electron chi connectivity index (χ1n) is 6.08. The maximum Gasteiger partial charge on any atom is 0.222 e. The van der Waals surface area contributed by atoms with Gasteiger partial charge in [0.05, 0.1) is 5.56 Å². The van der Waals surface area contributed by atoms with E-state index >= 15 is 0 Å². The molecule has 1 aliphatic heterocycles. The van der Waals surface area contributed by atoms with Gasteiger partial charge in [0, 0.05) is 32.3 Å². The van der Waals surface area contributed by atoms with Crippen molar-refractivity contribution in [1.82, 2.24) is 10.3 Å². The van der Waals surface area contributed by atoms with Crippen molar-refractivity contribution in [2.45, 2.75) is 12.8 Å². The van der Waals surface area contributed by atoms with Crippen LogP contribution in [0.4, 0.5) is 5.82 Å². The molecular weight excluding hydrogens is 228 g/mol. The maximum atomic E-state index is 11.5. The van der Waals surface area contributed by atoms with Crippen molar-refractivity contribution in [3.05, 3.63) is 23.9 Å². The summed E-state index contributed by atoms with van der Waals surface area (Å²) < 4.78 is 0. The molecule has 1 amide bonds. The fraction of sp³-hybridized carbons (Fsp3) is 0.462. The van der Waals surface area contributed by atoms with E-state index in [-0.39, 0.29) is 11.8 Å². The van der Waals surface area contributed by atoms with Crippen LogP contribution in [0.2, 0.25) is 0 Å². The van der Waals surface area contributed by atoms with Crippen molar-refractivity contribution in [3.8, 4) is 6.07 Å². The zero-order valence-corrected chi connectivity index (χ0v) is 10.4. The number of nitrogens with one attached hydrogen (secondary N) is 1. The van der Waals surface area contributed by atoms with Gasteiger partial charge in [0.2, 0.25) is 5.91 Å². The molecule has 0 saturated carbocycles. The molecule has 0 radical (unpaired) electrons. The van der Waals surface area contributed by atoms with Gasteiger partial charge in [0.25, 0.3) is 0 Å². The van der Waals surface area contributed by atoms with Crippen LogP contribution in [0.25, 0.3) is 0 Å². The van der Waals surface area contributed by atoms with Gasteiger partial charge in [-0.3, -0.25) is 4.79 Å². The van der Waals surface area contributed by atoms with E-state index in [2.05, 4.69) is 21.3 Å². The topological polar surface area (TPSA) is 69.0 Å². The van der Waals surface area contributed by atoms with Crippen molar-refractivity contribution in [2.75, 3.05) is 25.0 Å². The number of aromatic nitrogens is 1. The molecule has 1 saturated heterocycles. The first-order valence-corrected chi connectivity index (χ1v) is 6.08. The summed E-state index contributed by atoms with van der Waals surface area (Å²) in [6, 6.07) is 5.69. The lowest BCUT2D eigenvalue weighted by atomic mass is 9.96. The molecule has 18 heavy (non-hydrogen) atoms. The standard InChI is InChI=1S/C13H16N4O/c1-15-13(18)10-4-7-17(8-5-10)12-11(9-14)3-2-6-16-12/h2-3,6,10H,4-5,7-8H2,1H3,(H,15,18). The SMILES string of the molecule is CNC(=O)C1CCN(c2ncccc2C#N)CC1. The normalized spacial score (nSPS) is 16.1. The van der Waals surface area contributed by atoms with Gasteiger partial charge in [0.1, 0.15) is 11.9 Å². The molecule has 0 aromatic carbocycles. The predicted molar refractivity (Wildman–Crippen MR) is 68.0 cm³/mol. The first-order chi connectivity index (χ1) is 8.76.